The van der Waals surface area contributed by atoms with E-state index in [2.05, 4.69) is 0 Å². The molecule has 0 rings (SSSR count). The fourth-order valence-corrected chi connectivity index (χ4v) is 0. The van der Waals surface area contributed by atoms with Gasteiger partial charge in [0.05, 0.1) is 0 Å². The van der Waals surface area contributed by atoms with E-state index in [1.165, 1.54) is 0 Å². The molecule has 0 atom stereocenters. The minimum absolute atomic E-state index is 0. The van der Waals surface area contributed by atoms with Crippen LogP contribution in [0.1, 0.15) is 0 Å². The molecule has 0 fully saturated rings. The molecule has 5 heteroatoms. The Morgan fingerprint density at radius 1 is 0.800 bits per heavy atom. The molecule has 2 radical (unpaired) electrons. The van der Waals surface area contributed by atoms with Crippen molar-refractivity contribution in [2.45, 2.75) is 0 Å². The number of hydrogen-bond donors (Lipinski definition) is 0. The molecule has 0 saturated heterocycles. The van der Waals surface area contributed by atoms with E-state index in [0.29, 0.717) is 0 Å². The van der Waals surface area contributed by atoms with Gasteiger partial charge in [0.25, 0.3) is 0 Å². The molecule has 0 unspecified atom stereocenters. The molecule has 0 amide bonds. The second-order valence-corrected chi connectivity index (χ2v) is 0. The molecule has 30 valence electrons. The van der Waals surface area contributed by atoms with E-state index in [4.69, 9.17) is 0 Å². The molecular formula is H2FeOTiV2. The summed E-state index contributed by atoms with van der Waals surface area (Å²) in [4.78, 5) is 0. The first kappa shape index (κ1) is 53.4. The third-order valence-corrected chi connectivity index (χ3v) is 0. The van der Waals surface area contributed by atoms with Crippen molar-refractivity contribution in [3.63, 3.8) is 0 Å². The van der Waals surface area contributed by atoms with Crippen molar-refractivity contribution in [2.75, 3.05) is 0 Å². The Morgan fingerprint density at radius 2 is 0.800 bits per heavy atom. The molecule has 5 heavy (non-hydrogen) atoms. The number of rotatable bonds is 0. The van der Waals surface area contributed by atoms with E-state index >= 15 is 0 Å². The molecule has 0 aromatic heterocycles. The third-order valence-electron chi connectivity index (χ3n) is 0. The van der Waals surface area contributed by atoms with Gasteiger partial charge >= 0.3 is 0 Å². The maximum absolute atomic E-state index is 0. The minimum atomic E-state index is 0. The van der Waals surface area contributed by atoms with Crippen LogP contribution in [0, 0.1) is 0 Å². The van der Waals surface area contributed by atoms with Gasteiger partial charge in [-0.25, -0.2) is 0 Å². The smallest absolute Gasteiger partial charge is 0 e. The van der Waals surface area contributed by atoms with Crippen LogP contribution in [0.4, 0.5) is 0 Å². The molecule has 0 saturated carbocycles. The molecule has 2 N–H and O–H groups in total. The summed E-state index contributed by atoms with van der Waals surface area (Å²) in [6.07, 6.45) is 0. The largest absolute Gasteiger partial charge is 0.412 e. The molecule has 0 aliphatic heterocycles. The second-order valence-electron chi connectivity index (χ2n) is 0. The average Bonchev–Trinajstić information content (AvgIpc) is 0. The van der Waals surface area contributed by atoms with E-state index in [1.54, 1.807) is 0 Å². The van der Waals surface area contributed by atoms with Gasteiger partial charge in [0.15, 0.2) is 0 Å². The van der Waals surface area contributed by atoms with E-state index in [-0.39, 0.29) is 81.4 Å². The molecule has 0 heterocycles. The zero-order valence-electron chi connectivity index (χ0n) is 2.25. The summed E-state index contributed by atoms with van der Waals surface area (Å²) in [5, 5.41) is 0. The first-order valence-electron chi connectivity index (χ1n) is 0. The second kappa shape index (κ2) is 32.8. The zero-order chi connectivity index (χ0) is 0. The molecule has 0 aromatic rings. The molecule has 1 nitrogen and oxygen atoms in total. The minimum Gasteiger partial charge on any atom is -0.412 e. The Labute approximate surface area is 80.5 Å². The number of hydrogen-bond acceptors (Lipinski definition) is 0. The van der Waals surface area contributed by atoms with Crippen molar-refractivity contribution in [1.29, 1.82) is 0 Å². The van der Waals surface area contributed by atoms with Gasteiger partial charge in [0.2, 0.25) is 0 Å². The summed E-state index contributed by atoms with van der Waals surface area (Å²) < 4.78 is 0. The topological polar surface area (TPSA) is 31.5 Å². The van der Waals surface area contributed by atoms with Gasteiger partial charge in [0.1, 0.15) is 0 Å². The van der Waals surface area contributed by atoms with Gasteiger partial charge in [-0.3, -0.25) is 0 Å². The Morgan fingerprint density at radius 3 is 0.800 bits per heavy atom. The van der Waals surface area contributed by atoms with Gasteiger partial charge in [-0.1, -0.05) is 0 Å². The van der Waals surface area contributed by atoms with Crippen LogP contribution in [0.2, 0.25) is 0 Å². The maximum atomic E-state index is 0. The van der Waals surface area contributed by atoms with E-state index in [1.807, 2.05) is 0 Å². The first-order valence-corrected chi connectivity index (χ1v) is 0. The Kier molecular flexibility index (Phi) is 350. The molecular weight excluding hydrogens is 222 g/mol. The van der Waals surface area contributed by atoms with Gasteiger partial charge in [-0.05, 0) is 0 Å². The summed E-state index contributed by atoms with van der Waals surface area (Å²) in [5.41, 5.74) is 0. The van der Waals surface area contributed by atoms with Crippen LogP contribution in [-0.4, -0.2) is 5.48 Å². The standard InChI is InChI=1S/Fe.H2O.Ti.2V/h;1H2;;;. The van der Waals surface area contributed by atoms with Crippen LogP contribution in [0.25, 0.3) is 0 Å². The summed E-state index contributed by atoms with van der Waals surface area (Å²) >= 11 is 0. The van der Waals surface area contributed by atoms with Crippen molar-refractivity contribution in [2.24, 2.45) is 0 Å². The third kappa shape index (κ3) is 21.7. The fraction of sp³-hybridized carbons (Fsp3) is 0. The van der Waals surface area contributed by atoms with Gasteiger partial charge < -0.3 is 5.48 Å². The van der Waals surface area contributed by atoms with Crippen molar-refractivity contribution in [3.8, 4) is 0 Å². The van der Waals surface area contributed by atoms with E-state index in [9.17, 15) is 0 Å². The summed E-state index contributed by atoms with van der Waals surface area (Å²) in [6.45, 7) is 0. The van der Waals surface area contributed by atoms with Crippen LogP contribution in [0.5, 0.6) is 0 Å². The van der Waals surface area contributed by atoms with Gasteiger partial charge in [-0.15, -0.1) is 0 Å². The Balaban J connectivity index is 0. The molecule has 0 bridgehead atoms. The van der Waals surface area contributed by atoms with E-state index < -0.39 is 0 Å². The van der Waals surface area contributed by atoms with Crippen LogP contribution in [0.15, 0.2) is 0 Å². The van der Waals surface area contributed by atoms with Crippen LogP contribution in [-0.2, 0) is 75.9 Å². The van der Waals surface area contributed by atoms with Gasteiger partial charge in [-0.2, -0.15) is 0 Å². The summed E-state index contributed by atoms with van der Waals surface area (Å²) in [5.74, 6) is 0. The molecule has 0 aliphatic carbocycles. The zero-order valence-corrected chi connectivity index (χ0v) is 7.71. The van der Waals surface area contributed by atoms with Crippen molar-refractivity contribution in [3.05, 3.63) is 0 Å². The fourth-order valence-electron chi connectivity index (χ4n) is 0. The average molecular weight is 224 g/mol. The van der Waals surface area contributed by atoms with Crippen LogP contribution in [0.3, 0.4) is 0 Å². The predicted octanol–water partition coefficient (Wildman–Crippen LogP) is -0.835. The Hall–Kier alpha value is 2.36. The Bertz CT molecular complexity index is 9.61. The predicted molar refractivity (Wildman–Crippen MR) is 3.61 cm³/mol. The van der Waals surface area contributed by atoms with Crippen LogP contribution < -0.4 is 0 Å². The normalized spacial score (nSPS) is 0. The SMILES string of the molecule is O.[Fe].[Ti].[V].[V]. The quantitative estimate of drug-likeness (QED) is 0.480. The molecule has 0 aliphatic rings. The molecule has 0 aromatic carbocycles. The monoisotopic (exact) mass is 224 g/mol. The van der Waals surface area contributed by atoms with Gasteiger partial charge in [0, 0.05) is 75.9 Å². The van der Waals surface area contributed by atoms with Crippen molar-refractivity contribution >= 4 is 0 Å². The van der Waals surface area contributed by atoms with Crippen LogP contribution >= 0.6 is 0 Å². The van der Waals surface area contributed by atoms with Crippen molar-refractivity contribution in [1.82, 2.24) is 0 Å². The summed E-state index contributed by atoms with van der Waals surface area (Å²) in [7, 11) is 0. The molecule has 0 spiro atoms. The maximum Gasteiger partial charge on any atom is 0 e. The first-order chi connectivity index (χ1) is 0. The van der Waals surface area contributed by atoms with E-state index in [0.717, 1.165) is 0 Å². The van der Waals surface area contributed by atoms with Crippen molar-refractivity contribution < 1.29 is 81.4 Å². The summed E-state index contributed by atoms with van der Waals surface area (Å²) in [6, 6.07) is 0.